The fourth-order valence-corrected chi connectivity index (χ4v) is 1.83. The smallest absolute Gasteiger partial charge is 0.229 e. The van der Waals surface area contributed by atoms with E-state index in [0.29, 0.717) is 10.7 Å². The van der Waals surface area contributed by atoms with E-state index < -0.39 is 10.0 Å². The minimum absolute atomic E-state index is 0.288. The number of anilines is 2. The summed E-state index contributed by atoms with van der Waals surface area (Å²) in [6.07, 6.45) is 1.04. The third kappa shape index (κ3) is 4.13. The van der Waals surface area contributed by atoms with Crippen LogP contribution in [-0.2, 0) is 10.0 Å². The molecule has 0 saturated carbocycles. The summed E-state index contributed by atoms with van der Waals surface area (Å²) in [7, 11) is -3.35. The number of nitrogens with one attached hydrogen (secondary N) is 3. The van der Waals surface area contributed by atoms with Crippen molar-refractivity contribution in [1.29, 1.82) is 0 Å². The maximum absolute atomic E-state index is 11.0. The minimum atomic E-state index is -3.35. The van der Waals surface area contributed by atoms with E-state index in [1.54, 1.807) is 12.1 Å². The SMILES string of the molecule is CS(=O)(=O)Nc1cc(NNCl)ccc1Cl. The average Bonchev–Trinajstić information content (AvgIpc) is 2.09. The largest absolute Gasteiger partial charge is 0.308 e. The lowest BCUT2D eigenvalue weighted by Crippen LogP contribution is -2.12. The number of hydrogen-bond donors (Lipinski definition) is 3. The molecule has 0 spiro atoms. The van der Waals surface area contributed by atoms with Crippen LogP contribution in [0.2, 0.25) is 5.02 Å². The molecule has 0 aliphatic carbocycles. The molecule has 5 nitrogen and oxygen atoms in total. The van der Waals surface area contributed by atoms with Crippen LogP contribution in [-0.4, -0.2) is 14.7 Å². The summed E-state index contributed by atoms with van der Waals surface area (Å²) in [6.45, 7) is 0. The Balaban J connectivity index is 3.00. The Hall–Kier alpha value is -0.690. The second-order valence-electron chi connectivity index (χ2n) is 2.79. The molecule has 0 atom stereocenters. The lowest BCUT2D eigenvalue weighted by molar-refractivity contribution is 0.607. The minimum Gasteiger partial charge on any atom is -0.308 e. The number of benzene rings is 1. The van der Waals surface area contributed by atoms with Gasteiger partial charge in [-0.3, -0.25) is 4.72 Å². The van der Waals surface area contributed by atoms with E-state index >= 15 is 0 Å². The zero-order valence-corrected chi connectivity index (χ0v) is 10.0. The summed E-state index contributed by atoms with van der Waals surface area (Å²) in [5, 5.41) is 0.306. The molecule has 0 bridgehead atoms. The van der Waals surface area contributed by atoms with Crippen LogP contribution in [0.3, 0.4) is 0 Å². The van der Waals surface area contributed by atoms with E-state index in [0.717, 1.165) is 6.26 Å². The summed E-state index contributed by atoms with van der Waals surface area (Å²) >= 11 is 11.0. The topological polar surface area (TPSA) is 70.2 Å². The van der Waals surface area contributed by atoms with Crippen LogP contribution < -0.4 is 15.1 Å². The second kappa shape index (κ2) is 4.89. The van der Waals surface area contributed by atoms with Crippen molar-refractivity contribution in [1.82, 2.24) is 4.94 Å². The van der Waals surface area contributed by atoms with Crippen molar-refractivity contribution < 1.29 is 8.42 Å². The van der Waals surface area contributed by atoms with Crippen LogP contribution in [0.25, 0.3) is 0 Å². The van der Waals surface area contributed by atoms with Gasteiger partial charge in [-0.1, -0.05) is 11.6 Å². The number of rotatable bonds is 4. The van der Waals surface area contributed by atoms with Gasteiger partial charge in [0.15, 0.2) is 0 Å². The van der Waals surface area contributed by atoms with E-state index in [-0.39, 0.29) is 5.69 Å². The van der Waals surface area contributed by atoms with Crippen LogP contribution in [0.15, 0.2) is 18.2 Å². The summed E-state index contributed by atoms with van der Waals surface area (Å²) in [6, 6.07) is 4.70. The lowest BCUT2D eigenvalue weighted by Gasteiger charge is -2.09. The molecule has 3 N–H and O–H groups in total. The molecule has 0 saturated heterocycles. The third-order valence-corrected chi connectivity index (χ3v) is 2.47. The molecule has 1 rings (SSSR count). The van der Waals surface area contributed by atoms with Crippen molar-refractivity contribution >= 4 is 44.8 Å². The van der Waals surface area contributed by atoms with Crippen LogP contribution in [0.4, 0.5) is 11.4 Å². The maximum atomic E-state index is 11.0. The van der Waals surface area contributed by atoms with Crippen molar-refractivity contribution in [2.45, 2.75) is 0 Å². The zero-order chi connectivity index (χ0) is 11.5. The molecule has 0 amide bonds. The van der Waals surface area contributed by atoms with Gasteiger partial charge >= 0.3 is 0 Å². The van der Waals surface area contributed by atoms with E-state index in [9.17, 15) is 8.42 Å². The first kappa shape index (κ1) is 12.4. The van der Waals surface area contributed by atoms with Crippen molar-refractivity contribution in [3.8, 4) is 0 Å². The van der Waals surface area contributed by atoms with Crippen molar-refractivity contribution in [2.75, 3.05) is 16.4 Å². The van der Waals surface area contributed by atoms with E-state index in [1.807, 2.05) is 0 Å². The Morgan fingerprint density at radius 3 is 2.53 bits per heavy atom. The van der Waals surface area contributed by atoms with Gasteiger partial charge in [-0.25, -0.2) is 8.42 Å². The number of hydrazine groups is 1. The molecule has 8 heteroatoms. The van der Waals surface area contributed by atoms with E-state index in [4.69, 9.17) is 23.4 Å². The van der Waals surface area contributed by atoms with Gasteiger partial charge in [-0.15, -0.1) is 4.94 Å². The molecule has 84 valence electrons. The molecule has 0 aliphatic heterocycles. The van der Waals surface area contributed by atoms with Crippen molar-refractivity contribution in [2.24, 2.45) is 0 Å². The Bertz CT molecular complexity index is 450. The van der Waals surface area contributed by atoms with Crippen LogP contribution >= 0.6 is 23.4 Å². The summed E-state index contributed by atoms with van der Waals surface area (Å²) in [5.41, 5.74) is 3.45. The molecule has 0 fully saturated rings. The fraction of sp³-hybridized carbons (Fsp3) is 0.143. The first-order valence-corrected chi connectivity index (χ1v) is 6.46. The Labute approximate surface area is 97.9 Å². The van der Waals surface area contributed by atoms with E-state index in [1.165, 1.54) is 6.07 Å². The normalized spacial score (nSPS) is 11.1. The summed E-state index contributed by atoms with van der Waals surface area (Å²) in [4.78, 5) is 2.20. The third-order valence-electron chi connectivity index (χ3n) is 1.45. The molecule has 1 aromatic carbocycles. The Morgan fingerprint density at radius 2 is 2.00 bits per heavy atom. The maximum Gasteiger partial charge on any atom is 0.229 e. The summed E-state index contributed by atoms with van der Waals surface area (Å²) < 4.78 is 24.3. The predicted molar refractivity (Wildman–Crippen MR) is 62.5 cm³/mol. The van der Waals surface area contributed by atoms with Crippen molar-refractivity contribution in [3.63, 3.8) is 0 Å². The van der Waals surface area contributed by atoms with Gasteiger partial charge in [0.1, 0.15) is 0 Å². The molecule has 1 aromatic rings. The first-order valence-electron chi connectivity index (χ1n) is 3.81. The van der Waals surface area contributed by atoms with Gasteiger partial charge in [0.25, 0.3) is 0 Å². The number of sulfonamides is 1. The molecule has 0 radical (unpaired) electrons. The molecular formula is C7H9Cl2N3O2S. The van der Waals surface area contributed by atoms with Gasteiger partial charge in [0.05, 0.1) is 22.7 Å². The van der Waals surface area contributed by atoms with Crippen LogP contribution in [0, 0.1) is 0 Å². The molecule has 0 aliphatic rings. The molecule has 15 heavy (non-hydrogen) atoms. The first-order chi connectivity index (χ1) is 6.92. The monoisotopic (exact) mass is 269 g/mol. The quantitative estimate of drug-likeness (QED) is 0.576. The Kier molecular flexibility index (Phi) is 4.04. The van der Waals surface area contributed by atoms with Crippen LogP contribution in [0.1, 0.15) is 0 Å². The summed E-state index contributed by atoms with van der Waals surface area (Å²) in [5.74, 6) is 0. The van der Waals surface area contributed by atoms with Gasteiger partial charge in [-0.05, 0) is 30.0 Å². The van der Waals surface area contributed by atoms with Crippen molar-refractivity contribution in [3.05, 3.63) is 23.2 Å². The van der Waals surface area contributed by atoms with Gasteiger partial charge in [0.2, 0.25) is 10.0 Å². The molecule has 0 unspecified atom stereocenters. The fourth-order valence-electron chi connectivity index (χ4n) is 0.936. The predicted octanol–water partition coefficient (Wildman–Crippen LogP) is 1.78. The Morgan fingerprint density at radius 1 is 1.33 bits per heavy atom. The van der Waals surface area contributed by atoms with Gasteiger partial charge < -0.3 is 5.43 Å². The molecule has 0 heterocycles. The number of hydrogen-bond acceptors (Lipinski definition) is 4. The second-order valence-corrected chi connectivity index (χ2v) is 5.13. The standard InChI is InChI=1S/C7H9Cl2N3O2S/c1-15(13,14)11-7-4-5(10-12-9)2-3-6(7)8/h2-4,10-12H,1H3. The highest BCUT2D eigenvalue weighted by Gasteiger charge is 2.06. The van der Waals surface area contributed by atoms with Gasteiger partial charge in [-0.2, -0.15) is 0 Å². The van der Waals surface area contributed by atoms with E-state index in [2.05, 4.69) is 15.1 Å². The highest BCUT2D eigenvalue weighted by molar-refractivity contribution is 7.92. The lowest BCUT2D eigenvalue weighted by atomic mass is 10.3. The average molecular weight is 270 g/mol. The number of halogens is 2. The zero-order valence-electron chi connectivity index (χ0n) is 7.71. The van der Waals surface area contributed by atoms with Gasteiger partial charge in [0, 0.05) is 0 Å². The highest BCUT2D eigenvalue weighted by Crippen LogP contribution is 2.25. The van der Waals surface area contributed by atoms with Crippen LogP contribution in [0.5, 0.6) is 0 Å². The highest BCUT2D eigenvalue weighted by atomic mass is 35.5. The molecule has 0 aromatic heterocycles. The molecular weight excluding hydrogens is 261 g/mol.